The lowest BCUT2D eigenvalue weighted by Crippen LogP contribution is -2.50. The number of halogens is 3. The van der Waals surface area contributed by atoms with Gasteiger partial charge in [0.1, 0.15) is 5.60 Å². The van der Waals surface area contributed by atoms with Gasteiger partial charge in [0, 0.05) is 19.6 Å². The fourth-order valence-electron chi connectivity index (χ4n) is 4.60. The van der Waals surface area contributed by atoms with Crippen LogP contribution in [0.3, 0.4) is 0 Å². The smallest absolute Gasteiger partial charge is 0.417 e. The van der Waals surface area contributed by atoms with Crippen LogP contribution in [0.4, 0.5) is 18.0 Å². The predicted molar refractivity (Wildman–Crippen MR) is 109 cm³/mol. The van der Waals surface area contributed by atoms with Crippen LogP contribution in [-0.4, -0.2) is 47.0 Å². The zero-order valence-corrected chi connectivity index (χ0v) is 18.0. The second-order valence-electron chi connectivity index (χ2n) is 9.40. The van der Waals surface area contributed by atoms with Gasteiger partial charge in [-0.2, -0.15) is 13.2 Å². The van der Waals surface area contributed by atoms with Crippen LogP contribution >= 0.6 is 0 Å². The lowest BCUT2D eigenvalue weighted by Gasteiger charge is -2.38. The Morgan fingerprint density at radius 1 is 1.13 bits per heavy atom. The molecule has 0 saturated carbocycles. The Morgan fingerprint density at radius 3 is 2.48 bits per heavy atom. The quantitative estimate of drug-likeness (QED) is 0.592. The van der Waals surface area contributed by atoms with Crippen molar-refractivity contribution in [1.29, 1.82) is 0 Å². The second kappa shape index (κ2) is 7.57. The lowest BCUT2D eigenvalue weighted by molar-refractivity contribution is -0.138. The normalized spacial score (nSPS) is 21.5. The van der Waals surface area contributed by atoms with E-state index < -0.39 is 35.4 Å². The molecule has 3 aliphatic rings. The molecule has 1 atom stereocenters. The van der Waals surface area contributed by atoms with Gasteiger partial charge in [-0.25, -0.2) is 4.79 Å². The Balaban J connectivity index is 1.74. The number of nitrogens with zero attached hydrogens (tertiary/aromatic N) is 2. The Bertz CT molecular complexity index is 947. The number of hydrogen-bond acceptors (Lipinski definition) is 3. The number of piperazine rings is 1. The van der Waals surface area contributed by atoms with Crippen molar-refractivity contribution in [3.63, 3.8) is 0 Å². The third-order valence-electron chi connectivity index (χ3n) is 6.00. The molecule has 0 spiro atoms. The van der Waals surface area contributed by atoms with Crippen LogP contribution in [0.5, 0.6) is 0 Å². The number of ether oxygens (including phenoxy) is 1. The molecule has 168 valence electrons. The summed E-state index contributed by atoms with van der Waals surface area (Å²) in [7, 11) is 0. The highest BCUT2D eigenvalue weighted by molar-refractivity contribution is 6.01. The molecule has 1 saturated heterocycles. The molecule has 8 heteroatoms. The van der Waals surface area contributed by atoms with Gasteiger partial charge in [0.2, 0.25) is 0 Å². The van der Waals surface area contributed by atoms with Gasteiger partial charge in [-0.1, -0.05) is 6.08 Å². The van der Waals surface area contributed by atoms with Crippen molar-refractivity contribution < 1.29 is 27.5 Å². The van der Waals surface area contributed by atoms with Crippen molar-refractivity contribution in [3.05, 3.63) is 40.5 Å². The number of alkyl halides is 3. The SMILES string of the molecule is CC(C)(C)OC(=O)N1CCN2C(=O)c3c(cc(C4=CCCCC4)cc3C(F)(F)F)[C@@H]2C1. The monoisotopic (exact) mass is 436 g/mol. The minimum atomic E-state index is -4.63. The molecule has 0 radical (unpaired) electrons. The van der Waals surface area contributed by atoms with Crippen LogP contribution in [0.1, 0.15) is 79.5 Å². The molecule has 0 N–H and O–H groups in total. The van der Waals surface area contributed by atoms with E-state index in [1.165, 1.54) is 9.80 Å². The van der Waals surface area contributed by atoms with E-state index in [1.54, 1.807) is 26.8 Å². The molecule has 2 heterocycles. The van der Waals surface area contributed by atoms with Crippen LogP contribution in [0, 0.1) is 0 Å². The Morgan fingerprint density at radius 2 is 1.87 bits per heavy atom. The van der Waals surface area contributed by atoms with E-state index in [1.807, 2.05) is 6.08 Å². The molecular weight excluding hydrogens is 409 g/mol. The summed E-state index contributed by atoms with van der Waals surface area (Å²) in [6.07, 6.45) is 0.371. The van der Waals surface area contributed by atoms with E-state index >= 15 is 0 Å². The number of allylic oxidation sites excluding steroid dienone is 2. The van der Waals surface area contributed by atoms with Crippen molar-refractivity contribution >= 4 is 17.6 Å². The molecule has 1 aromatic rings. The highest BCUT2D eigenvalue weighted by Crippen LogP contribution is 2.45. The minimum absolute atomic E-state index is 0.119. The van der Waals surface area contributed by atoms with Gasteiger partial charge in [0.25, 0.3) is 5.91 Å². The number of hydrogen-bond donors (Lipinski definition) is 0. The van der Waals surface area contributed by atoms with Crippen LogP contribution in [0.15, 0.2) is 18.2 Å². The third kappa shape index (κ3) is 4.16. The van der Waals surface area contributed by atoms with Gasteiger partial charge in [0.15, 0.2) is 0 Å². The van der Waals surface area contributed by atoms with Gasteiger partial charge in [-0.15, -0.1) is 0 Å². The predicted octanol–water partition coefficient (Wildman–Crippen LogP) is 5.41. The number of fused-ring (bicyclic) bond motifs is 3. The van der Waals surface area contributed by atoms with Gasteiger partial charge >= 0.3 is 12.3 Å². The summed E-state index contributed by atoms with van der Waals surface area (Å²) < 4.78 is 47.3. The van der Waals surface area contributed by atoms with Crippen molar-refractivity contribution in [2.75, 3.05) is 19.6 Å². The number of carbonyl (C=O) groups excluding carboxylic acids is 2. The summed E-state index contributed by atoms with van der Waals surface area (Å²) in [6, 6.07) is 2.25. The first-order valence-corrected chi connectivity index (χ1v) is 10.7. The van der Waals surface area contributed by atoms with E-state index in [4.69, 9.17) is 4.74 Å². The lowest BCUT2D eigenvalue weighted by atomic mass is 9.88. The van der Waals surface area contributed by atoms with E-state index in [9.17, 15) is 22.8 Å². The highest BCUT2D eigenvalue weighted by atomic mass is 19.4. The van der Waals surface area contributed by atoms with Crippen LogP contribution < -0.4 is 0 Å². The molecule has 31 heavy (non-hydrogen) atoms. The van der Waals surface area contributed by atoms with Gasteiger partial charge in [0.05, 0.1) is 17.2 Å². The topological polar surface area (TPSA) is 49.9 Å². The first kappa shape index (κ1) is 21.7. The van der Waals surface area contributed by atoms with Crippen molar-refractivity contribution in [1.82, 2.24) is 9.80 Å². The average Bonchev–Trinajstić information content (AvgIpc) is 2.98. The van der Waals surface area contributed by atoms with Crippen LogP contribution in [0.25, 0.3) is 5.57 Å². The largest absolute Gasteiger partial charge is 0.444 e. The summed E-state index contributed by atoms with van der Waals surface area (Å²) in [5.41, 5.74) is -0.0603. The fourth-order valence-corrected chi connectivity index (χ4v) is 4.60. The molecule has 0 aromatic heterocycles. The van der Waals surface area contributed by atoms with Crippen molar-refractivity contribution in [2.24, 2.45) is 0 Å². The minimum Gasteiger partial charge on any atom is -0.444 e. The maximum absolute atomic E-state index is 14.0. The van der Waals surface area contributed by atoms with E-state index in [0.29, 0.717) is 11.1 Å². The standard InChI is InChI=1S/C23H27F3N2O3/c1-22(2,3)31-21(30)27-9-10-28-18(13-27)16-11-15(14-7-5-4-6-8-14)12-17(23(24,25)26)19(16)20(28)29/h7,11-12,18H,4-6,8-10,13H2,1-3H3/t18-/m0/s1. The van der Waals surface area contributed by atoms with Crippen molar-refractivity contribution in [3.8, 4) is 0 Å². The first-order valence-electron chi connectivity index (χ1n) is 10.7. The first-order chi connectivity index (χ1) is 14.5. The zero-order valence-electron chi connectivity index (χ0n) is 18.0. The Kier molecular flexibility index (Phi) is 5.30. The highest BCUT2D eigenvalue weighted by Gasteiger charge is 2.47. The average molecular weight is 436 g/mol. The van der Waals surface area contributed by atoms with Gasteiger partial charge < -0.3 is 14.5 Å². The Labute approximate surface area is 179 Å². The number of rotatable bonds is 1. The van der Waals surface area contributed by atoms with Crippen molar-refractivity contribution in [2.45, 2.75) is 64.3 Å². The Hall–Kier alpha value is -2.51. The zero-order chi connectivity index (χ0) is 22.6. The second-order valence-corrected chi connectivity index (χ2v) is 9.40. The summed E-state index contributed by atoms with van der Waals surface area (Å²) in [6.45, 7) is 5.80. The third-order valence-corrected chi connectivity index (χ3v) is 6.00. The fraction of sp³-hybridized carbons (Fsp3) is 0.565. The summed E-state index contributed by atoms with van der Waals surface area (Å²) in [5.74, 6) is -0.611. The van der Waals surface area contributed by atoms with Crippen LogP contribution in [0.2, 0.25) is 0 Å². The van der Waals surface area contributed by atoms with Gasteiger partial charge in [-0.05, 0) is 75.3 Å². The van der Waals surface area contributed by atoms with Crippen LogP contribution in [-0.2, 0) is 10.9 Å². The van der Waals surface area contributed by atoms with E-state index in [-0.39, 0.29) is 25.2 Å². The molecule has 1 aromatic carbocycles. The molecule has 1 aliphatic carbocycles. The maximum Gasteiger partial charge on any atom is 0.417 e. The van der Waals surface area contributed by atoms with E-state index in [0.717, 1.165) is 37.3 Å². The molecular formula is C23H27F3N2O3. The number of carbonyl (C=O) groups is 2. The summed E-state index contributed by atoms with van der Waals surface area (Å²) in [5, 5.41) is 0. The number of amides is 2. The maximum atomic E-state index is 14.0. The molecule has 4 rings (SSSR count). The summed E-state index contributed by atoms with van der Waals surface area (Å²) >= 11 is 0. The van der Waals surface area contributed by atoms with E-state index in [2.05, 4.69) is 0 Å². The molecule has 1 fully saturated rings. The van der Waals surface area contributed by atoms with Gasteiger partial charge in [-0.3, -0.25) is 4.79 Å². The molecule has 2 aliphatic heterocycles. The number of benzene rings is 1. The summed E-state index contributed by atoms with van der Waals surface area (Å²) in [4.78, 5) is 28.5. The molecule has 2 amide bonds. The molecule has 5 nitrogen and oxygen atoms in total. The molecule has 0 unspecified atom stereocenters. The molecule has 0 bridgehead atoms.